The highest BCUT2D eigenvalue weighted by molar-refractivity contribution is 6.00. The molecule has 2 aromatic rings. The fourth-order valence-electron chi connectivity index (χ4n) is 6.87. The number of ether oxygens (including phenoxy) is 1. The number of fused-ring (bicyclic) bond motifs is 4. The Kier molecular flexibility index (Phi) is 5.59. The molecule has 1 aromatic carbocycles. The lowest BCUT2D eigenvalue weighted by atomic mass is 9.63. The number of carbonyl (C=O) groups excluding carboxylic acids is 2. The van der Waals surface area contributed by atoms with Crippen molar-refractivity contribution < 1.29 is 19.4 Å². The number of piperidine rings is 1. The fraction of sp³-hybridized carbons (Fsp3) is 0.567. The first-order chi connectivity index (χ1) is 17.9. The van der Waals surface area contributed by atoms with Crippen LogP contribution in [0.2, 0.25) is 0 Å². The summed E-state index contributed by atoms with van der Waals surface area (Å²) in [6.45, 7) is 7.09. The van der Waals surface area contributed by atoms with E-state index in [2.05, 4.69) is 34.6 Å². The molecule has 4 aliphatic carbocycles. The SMILES string of the molecule is CC(C)(C)OC(=O)N1C[C@@H]2C[C@@]2(c2ccc(-c3cnc(N)c(C(=O)NC45CCC(O)(CC4)CC5)c3)cc2)C1. The first-order valence-electron chi connectivity index (χ1n) is 13.8. The molecule has 7 rings (SSSR count). The van der Waals surface area contributed by atoms with Crippen LogP contribution < -0.4 is 11.1 Å². The van der Waals surface area contributed by atoms with Crippen molar-refractivity contribution in [3.63, 3.8) is 0 Å². The number of benzene rings is 1. The van der Waals surface area contributed by atoms with Crippen molar-refractivity contribution >= 4 is 17.8 Å². The largest absolute Gasteiger partial charge is 0.444 e. The quantitative estimate of drug-likeness (QED) is 0.552. The summed E-state index contributed by atoms with van der Waals surface area (Å²) in [5.74, 6) is 0.480. The molecule has 1 aliphatic heterocycles. The normalized spacial score (nSPS) is 31.6. The second-order valence-corrected chi connectivity index (χ2v) is 13.1. The van der Waals surface area contributed by atoms with Crippen molar-refractivity contribution in [1.82, 2.24) is 15.2 Å². The maximum absolute atomic E-state index is 13.3. The second kappa shape index (κ2) is 8.43. The zero-order chi connectivity index (χ0) is 26.9. The molecular weight excluding hydrogens is 480 g/mol. The minimum absolute atomic E-state index is 0.00526. The predicted molar refractivity (Wildman–Crippen MR) is 145 cm³/mol. The number of carbonyl (C=O) groups is 2. The van der Waals surface area contributed by atoms with Crippen LogP contribution in [0, 0.1) is 5.92 Å². The van der Waals surface area contributed by atoms with Crippen molar-refractivity contribution in [3.8, 4) is 11.1 Å². The number of amides is 2. The summed E-state index contributed by atoms with van der Waals surface area (Å²) in [6.07, 6.45) is 7.10. The third kappa shape index (κ3) is 4.42. The molecule has 4 N–H and O–H groups in total. The van der Waals surface area contributed by atoms with Crippen LogP contribution in [0.5, 0.6) is 0 Å². The molecule has 8 nitrogen and oxygen atoms in total. The summed E-state index contributed by atoms with van der Waals surface area (Å²) in [7, 11) is 0. The number of aliphatic hydroxyl groups is 1. The minimum atomic E-state index is -0.550. The van der Waals surface area contributed by atoms with E-state index in [1.807, 2.05) is 31.7 Å². The van der Waals surface area contributed by atoms with Gasteiger partial charge in [-0.15, -0.1) is 0 Å². The lowest BCUT2D eigenvalue weighted by Crippen LogP contribution is -2.58. The molecule has 8 heteroatoms. The van der Waals surface area contributed by atoms with E-state index < -0.39 is 11.2 Å². The number of hydrogen-bond acceptors (Lipinski definition) is 6. The third-order valence-electron chi connectivity index (χ3n) is 9.34. The Bertz CT molecular complexity index is 1260. The highest BCUT2D eigenvalue weighted by Gasteiger charge is 2.62. The van der Waals surface area contributed by atoms with Crippen LogP contribution in [0.3, 0.4) is 0 Å². The van der Waals surface area contributed by atoms with Gasteiger partial charge in [0.15, 0.2) is 0 Å². The lowest BCUT2D eigenvalue weighted by Gasteiger charge is -2.51. The standard InChI is InChI=1S/C30H38N4O4/c1-27(2,3)38-26(36)34-17-22-15-30(22,18-34)21-6-4-19(5-7-21)20-14-23(24(31)32-16-20)25(35)33-28-8-11-29(37,12-9-28)13-10-28/h4-7,14,16,22,37H,8-13,15,17-18H2,1-3H3,(H2,31,32)(H,33,35)/t22-,28?,29?,30-/m0/s1. The zero-order valence-electron chi connectivity index (χ0n) is 22.5. The maximum Gasteiger partial charge on any atom is 0.410 e. The molecule has 0 spiro atoms. The van der Waals surface area contributed by atoms with Gasteiger partial charge in [0.25, 0.3) is 5.91 Å². The topological polar surface area (TPSA) is 118 Å². The van der Waals surface area contributed by atoms with Crippen LogP contribution in [0.1, 0.15) is 81.6 Å². The van der Waals surface area contributed by atoms with Crippen LogP contribution in [-0.4, -0.2) is 56.8 Å². The number of likely N-dealkylation sites (tertiary alicyclic amines) is 1. The number of rotatable bonds is 4. The highest BCUT2D eigenvalue weighted by atomic mass is 16.6. The van der Waals surface area contributed by atoms with E-state index in [9.17, 15) is 14.7 Å². The van der Waals surface area contributed by atoms with Crippen LogP contribution in [0.15, 0.2) is 36.5 Å². The number of nitrogens with one attached hydrogen (secondary N) is 1. The summed E-state index contributed by atoms with van der Waals surface area (Å²) >= 11 is 0. The van der Waals surface area contributed by atoms with Gasteiger partial charge >= 0.3 is 6.09 Å². The Balaban J connectivity index is 1.16. The van der Waals surface area contributed by atoms with Crippen molar-refractivity contribution in [2.24, 2.45) is 5.92 Å². The number of nitrogen functional groups attached to an aromatic ring is 1. The number of nitrogens with two attached hydrogens (primary N) is 1. The van der Waals surface area contributed by atoms with Crippen LogP contribution in [-0.2, 0) is 10.2 Å². The average molecular weight is 519 g/mol. The molecule has 5 aliphatic rings. The molecule has 4 saturated carbocycles. The summed E-state index contributed by atoms with van der Waals surface area (Å²) in [4.78, 5) is 32.0. The Morgan fingerprint density at radius 3 is 2.37 bits per heavy atom. The van der Waals surface area contributed by atoms with Gasteiger partial charge in [0.1, 0.15) is 11.4 Å². The van der Waals surface area contributed by atoms with E-state index in [-0.39, 0.29) is 28.8 Å². The van der Waals surface area contributed by atoms with Crippen LogP contribution >= 0.6 is 0 Å². The smallest absolute Gasteiger partial charge is 0.410 e. The van der Waals surface area contributed by atoms with Gasteiger partial charge < -0.3 is 25.8 Å². The first-order valence-corrected chi connectivity index (χ1v) is 13.8. The number of aromatic nitrogens is 1. The fourth-order valence-corrected chi connectivity index (χ4v) is 6.87. The Hall–Kier alpha value is -3.13. The molecule has 5 fully saturated rings. The molecule has 38 heavy (non-hydrogen) atoms. The Labute approximate surface area is 223 Å². The molecule has 2 atom stereocenters. The molecule has 2 bridgehead atoms. The van der Waals surface area contributed by atoms with Gasteiger partial charge in [-0.25, -0.2) is 9.78 Å². The van der Waals surface area contributed by atoms with E-state index in [4.69, 9.17) is 10.5 Å². The Morgan fingerprint density at radius 2 is 1.74 bits per heavy atom. The summed E-state index contributed by atoms with van der Waals surface area (Å²) in [5, 5.41) is 13.8. The van der Waals surface area contributed by atoms with Gasteiger partial charge in [-0.3, -0.25) is 4.79 Å². The van der Waals surface area contributed by atoms with Crippen molar-refractivity contribution in [3.05, 3.63) is 47.7 Å². The highest BCUT2D eigenvalue weighted by Crippen LogP contribution is 2.59. The molecule has 202 valence electrons. The van der Waals surface area contributed by atoms with Crippen molar-refractivity contribution in [2.45, 2.75) is 87.9 Å². The lowest BCUT2D eigenvalue weighted by molar-refractivity contribution is -0.0702. The van der Waals surface area contributed by atoms with E-state index in [0.29, 0.717) is 18.0 Å². The molecule has 1 aromatic heterocycles. The van der Waals surface area contributed by atoms with E-state index in [1.165, 1.54) is 5.56 Å². The predicted octanol–water partition coefficient (Wildman–Crippen LogP) is 4.41. The number of pyridine rings is 1. The zero-order valence-corrected chi connectivity index (χ0v) is 22.5. The summed E-state index contributed by atoms with van der Waals surface area (Å²) in [5.41, 5.74) is 8.24. The molecule has 0 radical (unpaired) electrons. The van der Waals surface area contributed by atoms with Gasteiger partial charge in [0.2, 0.25) is 0 Å². The van der Waals surface area contributed by atoms with Crippen LogP contribution in [0.25, 0.3) is 11.1 Å². The number of anilines is 1. The van der Waals surface area contributed by atoms with Gasteiger partial charge in [0, 0.05) is 35.8 Å². The minimum Gasteiger partial charge on any atom is -0.444 e. The summed E-state index contributed by atoms with van der Waals surface area (Å²) < 4.78 is 5.58. The molecule has 1 saturated heterocycles. The van der Waals surface area contributed by atoms with Crippen LogP contribution in [0.4, 0.5) is 10.6 Å². The molecule has 2 amide bonds. The second-order valence-electron chi connectivity index (χ2n) is 13.1. The van der Waals surface area contributed by atoms with Crippen molar-refractivity contribution in [1.29, 1.82) is 0 Å². The van der Waals surface area contributed by atoms with Gasteiger partial charge in [0.05, 0.1) is 11.2 Å². The monoisotopic (exact) mass is 518 g/mol. The summed E-state index contributed by atoms with van der Waals surface area (Å²) in [6, 6.07) is 10.2. The molecule has 2 heterocycles. The Morgan fingerprint density at radius 1 is 1.08 bits per heavy atom. The van der Waals surface area contributed by atoms with Crippen molar-refractivity contribution in [2.75, 3.05) is 18.8 Å². The van der Waals surface area contributed by atoms with E-state index in [0.717, 1.165) is 62.6 Å². The maximum atomic E-state index is 13.3. The molecular formula is C30H38N4O4. The third-order valence-corrected chi connectivity index (χ3v) is 9.34. The van der Waals surface area contributed by atoms with Gasteiger partial charge in [-0.05, 0) is 88.8 Å². The first kappa shape index (κ1) is 25.2. The van der Waals surface area contributed by atoms with Gasteiger partial charge in [-0.1, -0.05) is 24.3 Å². The van der Waals surface area contributed by atoms with E-state index in [1.54, 1.807) is 6.20 Å². The number of hydrogen-bond donors (Lipinski definition) is 3. The van der Waals surface area contributed by atoms with Gasteiger partial charge in [-0.2, -0.15) is 0 Å². The van der Waals surface area contributed by atoms with E-state index >= 15 is 0 Å². The molecule has 0 unspecified atom stereocenters. The average Bonchev–Trinajstić information content (AvgIpc) is 3.44. The number of nitrogens with zero attached hydrogens (tertiary/aromatic N) is 2.